The van der Waals surface area contributed by atoms with Gasteiger partial charge in [-0.05, 0) is 162 Å². The first-order chi connectivity index (χ1) is 42.7. The molecule has 88 heavy (non-hydrogen) atoms. The zero-order chi connectivity index (χ0) is 61.1. The normalized spacial score (nSPS) is 22.5. The molecule has 6 atom stereocenters. The highest BCUT2D eigenvalue weighted by Gasteiger charge is 2.38. The number of phenols is 3. The Morgan fingerprint density at radius 1 is 0.818 bits per heavy atom. The number of fused-ring (bicyclic) bond motifs is 4. The zero-order valence-electron chi connectivity index (χ0n) is 50.6. The number of anilines is 1. The maximum atomic E-state index is 15.4. The van der Waals surface area contributed by atoms with E-state index in [4.69, 9.17) is 14.2 Å². The first kappa shape index (κ1) is 59.6. The van der Waals surface area contributed by atoms with Crippen molar-refractivity contribution < 1.29 is 49.0 Å². The molecule has 3 aliphatic carbocycles. The summed E-state index contributed by atoms with van der Waals surface area (Å²) in [6, 6.07) is 29.0. The highest BCUT2D eigenvalue weighted by atomic mass is 16.5. The monoisotopic (exact) mass is 1180 g/mol. The molecule has 0 radical (unpaired) electrons. The van der Waals surface area contributed by atoms with Gasteiger partial charge in [0.1, 0.15) is 40.7 Å². The van der Waals surface area contributed by atoms with Gasteiger partial charge in [0.15, 0.2) is 11.5 Å². The summed E-state index contributed by atoms with van der Waals surface area (Å²) in [4.78, 5) is 48.6. The van der Waals surface area contributed by atoms with E-state index < -0.39 is 29.6 Å². The molecule has 0 saturated heterocycles. The number of aryl methyl sites for hydroxylation is 1. The predicted molar refractivity (Wildman–Crippen MR) is 341 cm³/mol. The molecule has 1 fully saturated rings. The molecule has 2 aromatic heterocycles. The third-order valence-corrected chi connectivity index (χ3v) is 19.2. The fourth-order valence-corrected chi connectivity index (χ4v) is 14.7. The minimum Gasteiger partial charge on any atom is -0.508 e. The molecule has 0 amide bonds. The van der Waals surface area contributed by atoms with Gasteiger partial charge in [-0.2, -0.15) is 0 Å². The third-order valence-electron chi connectivity index (χ3n) is 19.2. The number of aromatic amines is 1. The van der Waals surface area contributed by atoms with Crippen molar-refractivity contribution in [1.82, 2.24) is 14.9 Å². The summed E-state index contributed by atoms with van der Waals surface area (Å²) in [5, 5.41) is 51.6. The third kappa shape index (κ3) is 12.8. The second kappa shape index (κ2) is 25.9. The highest BCUT2D eigenvalue weighted by molar-refractivity contribution is 6.00. The van der Waals surface area contributed by atoms with Crippen LogP contribution >= 0.6 is 0 Å². The van der Waals surface area contributed by atoms with Gasteiger partial charge in [0.25, 0.3) is 0 Å². The summed E-state index contributed by atoms with van der Waals surface area (Å²) in [7, 11) is 1.49. The smallest absolute Gasteiger partial charge is 0.302 e. The lowest BCUT2D eigenvalue weighted by Crippen LogP contribution is -2.36. The van der Waals surface area contributed by atoms with Crippen LogP contribution in [0.3, 0.4) is 0 Å². The summed E-state index contributed by atoms with van der Waals surface area (Å²) >= 11 is 0. The molecule has 456 valence electrons. The number of carbonyl (C=O) groups excluding carboxylic acids is 3. The van der Waals surface area contributed by atoms with Gasteiger partial charge in [0.05, 0.1) is 24.9 Å². The molecule has 5 aromatic carbocycles. The van der Waals surface area contributed by atoms with Gasteiger partial charge in [-0.15, -0.1) is 0 Å². The number of phenolic OH excluding ortho intramolecular Hbond substituents is 3. The van der Waals surface area contributed by atoms with Crippen LogP contribution in [-0.2, 0) is 44.8 Å². The van der Waals surface area contributed by atoms with Crippen LogP contribution in [0.2, 0.25) is 0 Å². The second-order valence-corrected chi connectivity index (χ2v) is 25.0. The Kier molecular flexibility index (Phi) is 17.5. The van der Waals surface area contributed by atoms with Crippen LogP contribution in [-0.4, -0.2) is 73.8 Å². The predicted octanol–water partition coefficient (Wildman–Crippen LogP) is 14.2. The summed E-state index contributed by atoms with van der Waals surface area (Å²) in [6.07, 6.45) is 26.6. The van der Waals surface area contributed by atoms with Gasteiger partial charge >= 0.3 is 5.97 Å². The topological polar surface area (TPSA) is 196 Å². The van der Waals surface area contributed by atoms with Crippen molar-refractivity contribution in [2.24, 2.45) is 17.3 Å². The van der Waals surface area contributed by atoms with Gasteiger partial charge in [-0.1, -0.05) is 105 Å². The zero-order valence-corrected chi connectivity index (χ0v) is 50.6. The van der Waals surface area contributed by atoms with Crippen LogP contribution in [0.1, 0.15) is 147 Å². The van der Waals surface area contributed by atoms with E-state index >= 15 is 4.79 Å². The number of ether oxygens (including phenoxy) is 3. The molecule has 7 aromatic rings. The van der Waals surface area contributed by atoms with Crippen molar-refractivity contribution in [3.8, 4) is 34.5 Å². The van der Waals surface area contributed by atoms with Crippen molar-refractivity contribution in [2.45, 2.75) is 134 Å². The van der Waals surface area contributed by atoms with Crippen LogP contribution in [0.5, 0.6) is 34.5 Å². The number of nitrogens with one attached hydrogen (secondary N) is 2. The average Bonchev–Trinajstić information content (AvgIpc) is 1.63. The van der Waals surface area contributed by atoms with E-state index in [0.717, 1.165) is 99.0 Å². The SMILES string of the molecule is COc1cc(C2CC(=O)CC(OC(C)=O)CCC3(C=CC=CC3C)Cc3c[nH]cc3CC(c3cccc(O)c3)C3=CCNC(=C3)N(CCC(=O)C3CCCCC3)c3ccc4c5c(n2cc35)CCC4O)cc(O)c1Oc1cc(O)cc(Cc2ccccc2)c1. The van der Waals surface area contributed by atoms with E-state index in [0.29, 0.717) is 70.0 Å². The van der Waals surface area contributed by atoms with Gasteiger partial charge in [0, 0.05) is 92.2 Å². The average molecular weight is 1190 g/mol. The van der Waals surface area contributed by atoms with Gasteiger partial charge in [0.2, 0.25) is 5.75 Å². The number of aliphatic hydroxyl groups is 1. The number of ketones is 2. The van der Waals surface area contributed by atoms with Gasteiger partial charge < -0.3 is 54.4 Å². The van der Waals surface area contributed by atoms with Crippen molar-refractivity contribution >= 4 is 34.0 Å². The number of Topliss-reactive ketones (excluding diaryl/α,β-unsaturated/α-hetero) is 2. The fraction of sp³-hybridized carbons (Fsp3) is 0.365. The largest absolute Gasteiger partial charge is 0.508 e. The molecule has 14 nitrogen and oxygen atoms in total. The van der Waals surface area contributed by atoms with Crippen LogP contribution in [0.25, 0.3) is 10.8 Å². The molecule has 5 aliphatic rings. The standard InChI is InChI=1S/C74H80N4O10/c1-46-13-10-11-27-74(46)28-24-59(87-47(2)79)39-58(82)41-66(53-36-69(85)73(70(37-53)86-3)88-60-33-49(32-57(81)40-60)31-48-14-6-4-7-15-48)78-45-63-64(21-20-61-68(84)23-22-65(78)72(61)63)77(30-26-67(83)50-16-8-5-9-17-50)71-38-52(25-29-76-71)62(51-18-12-19-56(80)34-51)35-54-43-75-44-55(54)42-74/h4,6-7,10-15,18-21,25,27,32-34,36-38,40,43-46,50,59,62,66,68,75-76,80-81,84-85H,5,8-9,16-17,22-24,26,28-31,35,39,41-42H2,1-3H3. The number of carbonyl (C=O) groups is 3. The first-order valence-electron chi connectivity index (χ1n) is 31.4. The molecule has 6 N–H and O–H groups in total. The number of aromatic hydroxyl groups is 3. The summed E-state index contributed by atoms with van der Waals surface area (Å²) < 4.78 is 20.8. The van der Waals surface area contributed by atoms with Gasteiger partial charge in [-0.25, -0.2) is 0 Å². The Hall–Kier alpha value is -8.75. The number of esters is 1. The van der Waals surface area contributed by atoms with Crippen molar-refractivity contribution in [3.05, 3.63) is 208 Å². The van der Waals surface area contributed by atoms with E-state index in [1.807, 2.05) is 60.7 Å². The molecule has 14 heteroatoms. The summed E-state index contributed by atoms with van der Waals surface area (Å²) in [6.45, 7) is 4.45. The number of H-pyrrole nitrogens is 1. The molecular formula is C74H80N4O10. The minimum atomic E-state index is -0.779. The molecular weight excluding hydrogens is 1100 g/mol. The molecule has 6 unspecified atom stereocenters. The number of aromatic nitrogens is 2. The fourth-order valence-electron chi connectivity index (χ4n) is 14.7. The molecule has 2 aliphatic heterocycles. The number of nitrogens with zero attached hydrogens (tertiary/aromatic N) is 2. The number of dihydropyridines is 1. The lowest BCUT2D eigenvalue weighted by molar-refractivity contribution is -0.148. The van der Waals surface area contributed by atoms with Crippen LogP contribution in [0.4, 0.5) is 5.69 Å². The van der Waals surface area contributed by atoms with Crippen LogP contribution in [0, 0.1) is 17.3 Å². The Morgan fingerprint density at radius 2 is 1.65 bits per heavy atom. The maximum Gasteiger partial charge on any atom is 0.302 e. The molecule has 1 spiro atoms. The van der Waals surface area contributed by atoms with Crippen molar-refractivity contribution in [3.63, 3.8) is 0 Å². The number of hydrogen-bond acceptors (Lipinski definition) is 12. The lowest BCUT2D eigenvalue weighted by Gasteiger charge is -2.38. The number of benzene rings is 5. The Balaban J connectivity index is 1.02. The number of rotatable bonds is 12. The first-order valence-corrected chi connectivity index (χ1v) is 31.4. The number of methoxy groups -OCH3 is 1. The van der Waals surface area contributed by atoms with E-state index in [1.54, 1.807) is 24.3 Å². The molecule has 4 bridgehead atoms. The Labute approximate surface area is 514 Å². The molecule has 1 saturated carbocycles. The summed E-state index contributed by atoms with van der Waals surface area (Å²) in [5.74, 6) is 0.684. The van der Waals surface area contributed by atoms with Crippen LogP contribution < -0.4 is 19.7 Å². The van der Waals surface area contributed by atoms with Crippen LogP contribution in [0.15, 0.2) is 164 Å². The highest BCUT2D eigenvalue weighted by Crippen LogP contribution is 2.49. The Bertz CT molecular complexity index is 3860. The number of aliphatic hydroxyl groups excluding tert-OH is 1. The number of hydrogen-bond donors (Lipinski definition) is 6. The van der Waals surface area contributed by atoms with E-state index in [1.165, 1.54) is 20.1 Å². The molecule has 12 rings (SSSR count). The van der Waals surface area contributed by atoms with E-state index in [2.05, 4.69) is 87.8 Å². The maximum absolute atomic E-state index is 15.4. The number of allylic oxidation sites excluding steroid dienone is 6. The second-order valence-electron chi connectivity index (χ2n) is 25.0. The van der Waals surface area contributed by atoms with Crippen molar-refractivity contribution in [2.75, 3.05) is 25.1 Å². The quantitative estimate of drug-likeness (QED) is 0.0635. The minimum absolute atomic E-state index is 0.0000366. The van der Waals surface area contributed by atoms with Crippen molar-refractivity contribution in [1.29, 1.82) is 0 Å². The Morgan fingerprint density at radius 3 is 2.44 bits per heavy atom. The van der Waals surface area contributed by atoms with E-state index in [-0.39, 0.29) is 76.7 Å². The lowest BCUT2D eigenvalue weighted by atomic mass is 9.66. The van der Waals surface area contributed by atoms with Gasteiger partial charge in [-0.3, -0.25) is 14.4 Å². The van der Waals surface area contributed by atoms with E-state index in [9.17, 15) is 30.0 Å². The summed E-state index contributed by atoms with van der Waals surface area (Å²) in [5.41, 5.74) is 8.69. The molecule has 4 heterocycles.